The zero-order valence-corrected chi connectivity index (χ0v) is 11.8. The van der Waals surface area contributed by atoms with Crippen molar-refractivity contribution in [2.24, 2.45) is 0 Å². The molecule has 1 aromatic heterocycles. The van der Waals surface area contributed by atoms with E-state index < -0.39 is 0 Å². The predicted molar refractivity (Wildman–Crippen MR) is 79.5 cm³/mol. The molecule has 0 aliphatic carbocycles. The maximum atomic E-state index is 12.2. The normalized spacial score (nSPS) is 9.95. The summed E-state index contributed by atoms with van der Waals surface area (Å²) in [5.41, 5.74) is 1.25. The van der Waals surface area contributed by atoms with Crippen LogP contribution in [0, 0.1) is 0 Å². The highest BCUT2D eigenvalue weighted by Crippen LogP contribution is 2.18. The molecular formula is C15H17N3O2. The van der Waals surface area contributed by atoms with Crippen molar-refractivity contribution in [3.63, 3.8) is 0 Å². The SMILES string of the molecule is COc1cccc(NC(=O)c2ccnc(N(C)C)c2)c1. The van der Waals surface area contributed by atoms with Crippen LogP contribution < -0.4 is 15.0 Å². The van der Waals surface area contributed by atoms with Gasteiger partial charge in [0, 0.05) is 37.6 Å². The first-order chi connectivity index (χ1) is 9.60. The standard InChI is InChI=1S/C15H17N3O2/c1-18(2)14-9-11(7-8-16-14)15(19)17-12-5-4-6-13(10-12)20-3/h4-10H,1-3H3,(H,17,19). The Morgan fingerprint density at radius 2 is 2.05 bits per heavy atom. The first-order valence-corrected chi connectivity index (χ1v) is 6.19. The van der Waals surface area contributed by atoms with E-state index in [4.69, 9.17) is 4.74 Å². The molecule has 20 heavy (non-hydrogen) atoms. The fraction of sp³-hybridized carbons (Fsp3) is 0.200. The number of anilines is 2. The van der Waals surface area contributed by atoms with E-state index in [9.17, 15) is 4.79 Å². The number of hydrogen-bond donors (Lipinski definition) is 1. The van der Waals surface area contributed by atoms with Crippen LogP contribution in [0.1, 0.15) is 10.4 Å². The Morgan fingerprint density at radius 3 is 2.75 bits per heavy atom. The predicted octanol–water partition coefficient (Wildman–Crippen LogP) is 2.41. The highest BCUT2D eigenvalue weighted by atomic mass is 16.5. The number of pyridine rings is 1. The van der Waals surface area contributed by atoms with E-state index in [2.05, 4.69) is 10.3 Å². The third kappa shape index (κ3) is 3.26. The molecule has 0 unspecified atom stereocenters. The van der Waals surface area contributed by atoms with E-state index in [0.717, 1.165) is 5.82 Å². The number of amides is 1. The van der Waals surface area contributed by atoms with E-state index in [0.29, 0.717) is 17.0 Å². The van der Waals surface area contributed by atoms with Gasteiger partial charge in [-0.2, -0.15) is 0 Å². The van der Waals surface area contributed by atoms with Gasteiger partial charge in [-0.1, -0.05) is 6.07 Å². The summed E-state index contributed by atoms with van der Waals surface area (Å²) in [6.45, 7) is 0. The van der Waals surface area contributed by atoms with E-state index >= 15 is 0 Å². The minimum atomic E-state index is -0.177. The summed E-state index contributed by atoms with van der Waals surface area (Å²) >= 11 is 0. The molecular weight excluding hydrogens is 254 g/mol. The fourth-order valence-corrected chi connectivity index (χ4v) is 1.71. The lowest BCUT2D eigenvalue weighted by atomic mass is 10.2. The number of carbonyl (C=O) groups is 1. The molecule has 2 rings (SSSR count). The first-order valence-electron chi connectivity index (χ1n) is 6.19. The van der Waals surface area contributed by atoms with Crippen molar-refractivity contribution in [2.45, 2.75) is 0 Å². The number of hydrogen-bond acceptors (Lipinski definition) is 4. The summed E-state index contributed by atoms with van der Waals surface area (Å²) in [6.07, 6.45) is 1.62. The van der Waals surface area contributed by atoms with Gasteiger partial charge in [0.05, 0.1) is 7.11 Å². The average Bonchev–Trinajstić information content (AvgIpc) is 2.47. The molecule has 0 spiro atoms. The summed E-state index contributed by atoms with van der Waals surface area (Å²) in [5.74, 6) is 1.26. The largest absolute Gasteiger partial charge is 0.497 e. The van der Waals surface area contributed by atoms with Crippen molar-refractivity contribution < 1.29 is 9.53 Å². The van der Waals surface area contributed by atoms with Gasteiger partial charge in [0.2, 0.25) is 0 Å². The number of aromatic nitrogens is 1. The van der Waals surface area contributed by atoms with Crippen LogP contribution in [-0.2, 0) is 0 Å². The molecule has 1 N–H and O–H groups in total. The molecule has 0 saturated heterocycles. The molecule has 0 aliphatic heterocycles. The number of methoxy groups -OCH3 is 1. The Kier molecular flexibility index (Phi) is 4.20. The molecule has 104 valence electrons. The maximum Gasteiger partial charge on any atom is 0.255 e. The van der Waals surface area contributed by atoms with Gasteiger partial charge < -0.3 is 15.0 Å². The smallest absolute Gasteiger partial charge is 0.255 e. The Labute approximate surface area is 118 Å². The minimum absolute atomic E-state index is 0.177. The van der Waals surface area contributed by atoms with Crippen LogP contribution in [0.5, 0.6) is 5.75 Å². The molecule has 5 heteroatoms. The van der Waals surface area contributed by atoms with Gasteiger partial charge in [0.15, 0.2) is 0 Å². The summed E-state index contributed by atoms with van der Waals surface area (Å²) in [4.78, 5) is 18.2. The van der Waals surface area contributed by atoms with Crippen LogP contribution in [-0.4, -0.2) is 32.1 Å². The molecule has 1 aromatic carbocycles. The number of carbonyl (C=O) groups excluding carboxylic acids is 1. The van der Waals surface area contributed by atoms with Crippen molar-refractivity contribution in [1.29, 1.82) is 0 Å². The monoisotopic (exact) mass is 271 g/mol. The second kappa shape index (κ2) is 6.06. The molecule has 1 amide bonds. The van der Waals surface area contributed by atoms with Gasteiger partial charge in [-0.25, -0.2) is 4.98 Å². The van der Waals surface area contributed by atoms with Crippen LogP contribution in [0.15, 0.2) is 42.6 Å². The minimum Gasteiger partial charge on any atom is -0.497 e. The number of benzene rings is 1. The molecule has 0 aliphatic rings. The van der Waals surface area contributed by atoms with Crippen LogP contribution in [0.2, 0.25) is 0 Å². The fourth-order valence-electron chi connectivity index (χ4n) is 1.71. The van der Waals surface area contributed by atoms with Gasteiger partial charge in [0.25, 0.3) is 5.91 Å². The molecule has 5 nitrogen and oxygen atoms in total. The van der Waals surface area contributed by atoms with Crippen molar-refractivity contribution in [3.05, 3.63) is 48.2 Å². The zero-order chi connectivity index (χ0) is 14.5. The van der Waals surface area contributed by atoms with E-state index in [1.807, 2.05) is 37.2 Å². The van der Waals surface area contributed by atoms with Gasteiger partial charge in [-0.05, 0) is 24.3 Å². The maximum absolute atomic E-state index is 12.2. The van der Waals surface area contributed by atoms with Crippen LogP contribution in [0.4, 0.5) is 11.5 Å². The lowest BCUT2D eigenvalue weighted by Crippen LogP contribution is -2.15. The summed E-state index contributed by atoms with van der Waals surface area (Å²) in [6, 6.07) is 10.7. The highest BCUT2D eigenvalue weighted by molar-refractivity contribution is 6.04. The Bertz CT molecular complexity index is 612. The van der Waals surface area contributed by atoms with Crippen molar-refractivity contribution in [3.8, 4) is 5.75 Å². The lowest BCUT2D eigenvalue weighted by Gasteiger charge is -2.12. The highest BCUT2D eigenvalue weighted by Gasteiger charge is 2.08. The summed E-state index contributed by atoms with van der Waals surface area (Å²) in [7, 11) is 5.35. The van der Waals surface area contributed by atoms with Gasteiger partial charge in [-0.15, -0.1) is 0 Å². The average molecular weight is 271 g/mol. The van der Waals surface area contributed by atoms with Crippen LogP contribution in [0.3, 0.4) is 0 Å². The molecule has 2 aromatic rings. The van der Waals surface area contributed by atoms with Crippen molar-refractivity contribution >= 4 is 17.4 Å². The molecule has 0 atom stereocenters. The molecule has 0 saturated carbocycles. The Morgan fingerprint density at radius 1 is 1.25 bits per heavy atom. The van der Waals surface area contributed by atoms with Crippen LogP contribution >= 0.6 is 0 Å². The molecule has 0 fully saturated rings. The summed E-state index contributed by atoms with van der Waals surface area (Å²) in [5, 5.41) is 2.83. The van der Waals surface area contributed by atoms with E-state index in [1.165, 1.54) is 0 Å². The van der Waals surface area contributed by atoms with E-state index in [-0.39, 0.29) is 5.91 Å². The van der Waals surface area contributed by atoms with Crippen molar-refractivity contribution in [1.82, 2.24) is 4.98 Å². The number of nitrogens with one attached hydrogen (secondary N) is 1. The van der Waals surface area contributed by atoms with Crippen LogP contribution in [0.25, 0.3) is 0 Å². The number of rotatable bonds is 4. The van der Waals surface area contributed by atoms with E-state index in [1.54, 1.807) is 31.5 Å². The zero-order valence-electron chi connectivity index (χ0n) is 11.8. The van der Waals surface area contributed by atoms with Gasteiger partial charge in [-0.3, -0.25) is 4.79 Å². The Hall–Kier alpha value is -2.56. The first kappa shape index (κ1) is 13.9. The lowest BCUT2D eigenvalue weighted by molar-refractivity contribution is 0.102. The third-order valence-electron chi connectivity index (χ3n) is 2.79. The molecule has 0 radical (unpaired) electrons. The van der Waals surface area contributed by atoms with Gasteiger partial charge >= 0.3 is 0 Å². The molecule has 0 bridgehead atoms. The third-order valence-corrected chi connectivity index (χ3v) is 2.79. The quantitative estimate of drug-likeness (QED) is 0.927. The van der Waals surface area contributed by atoms with Crippen molar-refractivity contribution in [2.75, 3.05) is 31.4 Å². The molecule has 1 heterocycles. The second-order valence-corrected chi connectivity index (χ2v) is 4.48. The number of nitrogens with zero attached hydrogens (tertiary/aromatic N) is 2. The second-order valence-electron chi connectivity index (χ2n) is 4.48. The number of ether oxygens (including phenoxy) is 1. The van der Waals surface area contributed by atoms with Gasteiger partial charge in [0.1, 0.15) is 11.6 Å². The topological polar surface area (TPSA) is 54.5 Å². The Balaban J connectivity index is 2.17. The summed E-state index contributed by atoms with van der Waals surface area (Å²) < 4.78 is 5.12.